The third-order valence-electron chi connectivity index (χ3n) is 5.07. The van der Waals surface area contributed by atoms with Crippen molar-refractivity contribution < 1.29 is 22.7 Å². The normalized spacial score (nSPS) is 11.2. The molecule has 180 valence electrons. The highest BCUT2D eigenvalue weighted by Crippen LogP contribution is 2.32. The van der Waals surface area contributed by atoms with Crippen LogP contribution in [0.5, 0.6) is 6.01 Å². The number of nitrogens with zero attached hydrogens (tertiary/aromatic N) is 3. The number of ether oxygens (including phenoxy) is 1. The van der Waals surface area contributed by atoms with Gasteiger partial charge in [0.05, 0.1) is 17.9 Å². The number of hydrogen-bond donors (Lipinski definition) is 2. The molecule has 2 amide bonds. The summed E-state index contributed by atoms with van der Waals surface area (Å²) in [6.45, 7) is 3.98. The molecule has 10 heteroatoms. The van der Waals surface area contributed by atoms with Crippen LogP contribution in [0.25, 0.3) is 17.1 Å². The zero-order chi connectivity index (χ0) is 25.0. The number of rotatable bonds is 6. The van der Waals surface area contributed by atoms with E-state index in [-0.39, 0.29) is 6.01 Å². The van der Waals surface area contributed by atoms with E-state index in [9.17, 15) is 18.0 Å². The number of hydrogen-bond acceptors (Lipinski definition) is 4. The topological polar surface area (TPSA) is 81.1 Å². The van der Waals surface area contributed by atoms with E-state index in [1.54, 1.807) is 37.3 Å². The molecule has 0 spiro atoms. The van der Waals surface area contributed by atoms with Crippen LogP contribution in [0.1, 0.15) is 18.1 Å². The molecule has 4 aromatic rings. The number of urea groups is 1. The van der Waals surface area contributed by atoms with Gasteiger partial charge in [-0.1, -0.05) is 36.4 Å². The minimum atomic E-state index is -4.44. The maximum atomic E-state index is 13.0. The lowest BCUT2D eigenvalue weighted by Crippen LogP contribution is -2.20. The fourth-order valence-corrected chi connectivity index (χ4v) is 3.37. The van der Waals surface area contributed by atoms with Crippen molar-refractivity contribution in [3.63, 3.8) is 0 Å². The molecule has 0 fully saturated rings. The van der Waals surface area contributed by atoms with Crippen LogP contribution in [0.2, 0.25) is 0 Å². The lowest BCUT2D eigenvalue weighted by Gasteiger charge is -2.12. The summed E-state index contributed by atoms with van der Waals surface area (Å²) in [5.74, 6) is 0.295. The van der Waals surface area contributed by atoms with Gasteiger partial charge in [-0.2, -0.15) is 18.2 Å². The Hall–Kier alpha value is -4.34. The highest BCUT2D eigenvalue weighted by Gasteiger charge is 2.30. The molecular weight excluding hydrogens is 459 g/mol. The van der Waals surface area contributed by atoms with Crippen molar-refractivity contribution in [1.82, 2.24) is 14.8 Å². The molecule has 0 aliphatic carbocycles. The van der Waals surface area contributed by atoms with E-state index in [0.29, 0.717) is 35.1 Å². The van der Waals surface area contributed by atoms with E-state index >= 15 is 0 Å². The Morgan fingerprint density at radius 2 is 1.74 bits per heavy atom. The van der Waals surface area contributed by atoms with E-state index in [1.165, 1.54) is 16.8 Å². The van der Waals surface area contributed by atoms with E-state index in [4.69, 9.17) is 4.74 Å². The van der Waals surface area contributed by atoms with Crippen molar-refractivity contribution in [2.24, 2.45) is 0 Å². The molecule has 0 saturated carbocycles. The first-order valence-corrected chi connectivity index (χ1v) is 10.8. The van der Waals surface area contributed by atoms with Crippen LogP contribution >= 0.6 is 0 Å². The molecule has 7 nitrogen and oxygen atoms in total. The molecule has 2 N–H and O–H groups in total. The van der Waals surface area contributed by atoms with Gasteiger partial charge in [0.15, 0.2) is 5.82 Å². The van der Waals surface area contributed by atoms with Crippen molar-refractivity contribution in [3.05, 3.63) is 83.9 Å². The number of amides is 2. The minimum Gasteiger partial charge on any atom is -0.463 e. The quantitative estimate of drug-likeness (QED) is 0.338. The molecule has 0 unspecified atom stereocenters. The second-order valence-electron chi connectivity index (χ2n) is 7.58. The van der Waals surface area contributed by atoms with Crippen molar-refractivity contribution in [3.8, 4) is 23.1 Å². The minimum absolute atomic E-state index is 0.0815. The zero-order valence-corrected chi connectivity index (χ0v) is 18.9. The first-order chi connectivity index (χ1) is 16.7. The van der Waals surface area contributed by atoms with E-state index in [1.807, 2.05) is 25.1 Å². The summed E-state index contributed by atoms with van der Waals surface area (Å²) in [6.07, 6.45) is -4.44. The highest BCUT2D eigenvalue weighted by molar-refractivity contribution is 6.00. The highest BCUT2D eigenvalue weighted by atomic mass is 19.4. The molecule has 4 rings (SSSR count). The Balaban J connectivity index is 1.63. The van der Waals surface area contributed by atoms with Crippen molar-refractivity contribution in [2.45, 2.75) is 20.0 Å². The molecule has 0 atom stereocenters. The van der Waals surface area contributed by atoms with Crippen LogP contribution in [-0.2, 0) is 6.18 Å². The maximum Gasteiger partial charge on any atom is 0.416 e. The van der Waals surface area contributed by atoms with Crippen molar-refractivity contribution >= 4 is 17.4 Å². The number of carbonyl (C=O) groups excluding carboxylic acids is 1. The number of carbonyl (C=O) groups is 1. The number of nitrogens with one attached hydrogen (secondary N) is 2. The van der Waals surface area contributed by atoms with Crippen molar-refractivity contribution in [1.29, 1.82) is 0 Å². The number of alkyl halides is 3. The molecular formula is C25H22F3N5O2. The van der Waals surface area contributed by atoms with E-state index in [2.05, 4.69) is 20.7 Å². The fourth-order valence-electron chi connectivity index (χ4n) is 3.37. The lowest BCUT2D eigenvalue weighted by molar-refractivity contribution is -0.137. The Bertz CT molecular complexity index is 1330. The number of halogens is 3. The number of aromatic nitrogens is 3. The van der Waals surface area contributed by atoms with Gasteiger partial charge >= 0.3 is 18.2 Å². The molecule has 35 heavy (non-hydrogen) atoms. The second-order valence-corrected chi connectivity index (χ2v) is 7.58. The summed E-state index contributed by atoms with van der Waals surface area (Å²) >= 11 is 0. The summed E-state index contributed by atoms with van der Waals surface area (Å²) in [4.78, 5) is 16.8. The van der Waals surface area contributed by atoms with Crippen LogP contribution in [-0.4, -0.2) is 27.4 Å². The van der Waals surface area contributed by atoms with Crippen LogP contribution < -0.4 is 15.4 Å². The average molecular weight is 481 g/mol. The third-order valence-corrected chi connectivity index (χ3v) is 5.07. The van der Waals surface area contributed by atoms with Gasteiger partial charge in [0.1, 0.15) is 0 Å². The lowest BCUT2D eigenvalue weighted by atomic mass is 10.1. The maximum absolute atomic E-state index is 13.0. The predicted octanol–water partition coefficient (Wildman–Crippen LogP) is 6.30. The fraction of sp³-hybridized carbons (Fsp3) is 0.160. The van der Waals surface area contributed by atoms with Gasteiger partial charge in [-0.05, 0) is 55.8 Å². The largest absolute Gasteiger partial charge is 0.463 e. The Labute approximate surface area is 199 Å². The first-order valence-electron chi connectivity index (χ1n) is 10.8. The molecule has 0 aliphatic heterocycles. The van der Waals surface area contributed by atoms with Gasteiger partial charge in [0, 0.05) is 16.9 Å². The molecule has 1 heterocycles. The summed E-state index contributed by atoms with van der Waals surface area (Å²) < 4.78 is 45.8. The number of para-hydroxylation sites is 1. The van der Waals surface area contributed by atoms with Crippen LogP contribution in [0.15, 0.2) is 72.8 Å². The second kappa shape index (κ2) is 9.88. The molecule has 3 aromatic carbocycles. The van der Waals surface area contributed by atoms with Gasteiger partial charge in [0.2, 0.25) is 0 Å². The van der Waals surface area contributed by atoms with E-state index in [0.717, 1.165) is 17.7 Å². The Morgan fingerprint density at radius 1 is 1.00 bits per heavy atom. The Morgan fingerprint density at radius 3 is 2.43 bits per heavy atom. The zero-order valence-electron chi connectivity index (χ0n) is 18.9. The average Bonchev–Trinajstić information content (AvgIpc) is 3.24. The summed E-state index contributed by atoms with van der Waals surface area (Å²) in [5.41, 5.74) is 2.29. The number of aryl methyl sites for hydroxylation is 1. The van der Waals surface area contributed by atoms with Gasteiger partial charge in [0.25, 0.3) is 0 Å². The molecule has 0 aliphatic rings. The van der Waals surface area contributed by atoms with Gasteiger partial charge < -0.3 is 15.4 Å². The standard InChI is InChI=1S/C25H22F3N5O2/c1-3-35-24-31-22(17-11-13-18(14-12-17)25(26,27)28)33(32-24)20-9-6-8-19(15-20)29-23(34)30-21-10-5-4-7-16(21)2/h4-15H,3H2,1-2H3,(H2,29,30,34). The Kier molecular flexibility index (Phi) is 6.72. The summed E-state index contributed by atoms with van der Waals surface area (Å²) in [6, 6.07) is 18.5. The van der Waals surface area contributed by atoms with E-state index < -0.39 is 17.8 Å². The van der Waals surface area contributed by atoms with Gasteiger partial charge in [-0.15, -0.1) is 5.10 Å². The predicted molar refractivity (Wildman–Crippen MR) is 127 cm³/mol. The van der Waals surface area contributed by atoms with Gasteiger partial charge in [-0.3, -0.25) is 0 Å². The van der Waals surface area contributed by atoms with Gasteiger partial charge in [-0.25, -0.2) is 9.48 Å². The molecule has 0 saturated heterocycles. The molecule has 1 aromatic heterocycles. The summed E-state index contributed by atoms with van der Waals surface area (Å²) in [5, 5.41) is 9.92. The smallest absolute Gasteiger partial charge is 0.416 e. The number of anilines is 2. The molecule has 0 radical (unpaired) electrons. The molecule has 0 bridgehead atoms. The van der Waals surface area contributed by atoms with Crippen LogP contribution in [0, 0.1) is 6.92 Å². The third kappa shape index (κ3) is 5.60. The SMILES string of the molecule is CCOc1nc(-c2ccc(C(F)(F)F)cc2)n(-c2cccc(NC(=O)Nc3ccccc3C)c2)n1. The van der Waals surface area contributed by atoms with Crippen LogP contribution in [0.3, 0.4) is 0 Å². The van der Waals surface area contributed by atoms with Crippen molar-refractivity contribution in [2.75, 3.05) is 17.2 Å². The monoisotopic (exact) mass is 481 g/mol. The number of benzene rings is 3. The summed E-state index contributed by atoms with van der Waals surface area (Å²) in [7, 11) is 0. The van der Waals surface area contributed by atoms with Crippen LogP contribution in [0.4, 0.5) is 29.3 Å². The first kappa shape index (κ1) is 23.8.